The average Bonchev–Trinajstić information content (AvgIpc) is 2.75. The third-order valence-corrected chi connectivity index (χ3v) is 7.69. The van der Waals surface area contributed by atoms with E-state index in [-0.39, 0.29) is 16.4 Å². The molecule has 206 valence electrons. The van der Waals surface area contributed by atoms with Crippen molar-refractivity contribution in [2.45, 2.75) is 29.4 Å². The lowest BCUT2D eigenvalue weighted by Crippen LogP contribution is -2.19. The Kier molecular flexibility index (Phi) is 8.00. The van der Waals surface area contributed by atoms with Crippen LogP contribution in [0.3, 0.4) is 0 Å². The number of nitrogens with one attached hydrogen (secondary N) is 2. The van der Waals surface area contributed by atoms with Gasteiger partial charge in [-0.3, -0.25) is 9.44 Å². The Morgan fingerprint density at radius 1 is 0.658 bits per heavy atom. The van der Waals surface area contributed by atoms with Crippen molar-refractivity contribution in [3.05, 3.63) is 71.2 Å². The minimum atomic E-state index is -4.99. The Hall–Kier alpha value is -3.37. The zero-order chi connectivity index (χ0) is 28.5. The van der Waals surface area contributed by atoms with Gasteiger partial charge < -0.3 is 9.47 Å². The summed E-state index contributed by atoms with van der Waals surface area (Å²) in [7, 11) is -8.93. The molecular weight excluding hydrogens is 590 g/mol. The predicted molar refractivity (Wildman–Crippen MR) is 124 cm³/mol. The maximum Gasteiger partial charge on any atom is 0.573 e. The molecule has 3 aromatic carbocycles. The third-order valence-electron chi connectivity index (χ3n) is 4.52. The normalized spacial score (nSPS) is 12.6. The molecule has 0 saturated heterocycles. The molecule has 38 heavy (non-hydrogen) atoms. The Labute approximate surface area is 217 Å². The summed E-state index contributed by atoms with van der Waals surface area (Å²) in [5.41, 5.74) is -0.324. The second-order valence-corrected chi connectivity index (χ2v) is 11.2. The average molecular weight is 605 g/mol. The van der Waals surface area contributed by atoms with E-state index in [1.165, 1.54) is 13.0 Å². The molecule has 0 amide bonds. The van der Waals surface area contributed by atoms with E-state index in [2.05, 4.69) is 18.9 Å². The van der Waals surface area contributed by atoms with Crippen LogP contribution in [0.1, 0.15) is 5.56 Å². The Bertz CT molecular complexity index is 1410. The highest BCUT2D eigenvalue weighted by molar-refractivity contribution is 7.93. The van der Waals surface area contributed by atoms with Crippen molar-refractivity contribution >= 4 is 43.0 Å². The number of rotatable bonds is 8. The Balaban J connectivity index is 1.90. The number of hydrogen-bond donors (Lipinski definition) is 2. The van der Waals surface area contributed by atoms with E-state index >= 15 is 0 Å². The van der Waals surface area contributed by atoms with Gasteiger partial charge in [0.25, 0.3) is 20.0 Å². The predicted octanol–water partition coefficient (Wildman–Crippen LogP) is 6.05. The van der Waals surface area contributed by atoms with Gasteiger partial charge in [0.15, 0.2) is 0 Å². The van der Waals surface area contributed by atoms with Crippen molar-refractivity contribution in [3.63, 3.8) is 0 Å². The van der Waals surface area contributed by atoms with Crippen LogP contribution < -0.4 is 18.9 Å². The zero-order valence-electron chi connectivity index (χ0n) is 18.7. The summed E-state index contributed by atoms with van der Waals surface area (Å²) in [5.74, 6) is -1.34. The number of alkyl halides is 6. The smallest absolute Gasteiger partial charge is 0.406 e. The van der Waals surface area contributed by atoms with Gasteiger partial charge >= 0.3 is 12.7 Å². The minimum Gasteiger partial charge on any atom is -0.406 e. The topological polar surface area (TPSA) is 111 Å². The molecule has 0 aliphatic carbocycles. The van der Waals surface area contributed by atoms with Crippen LogP contribution in [0.25, 0.3) is 0 Å². The van der Waals surface area contributed by atoms with Crippen LogP contribution in [0.15, 0.2) is 70.5 Å². The van der Waals surface area contributed by atoms with Gasteiger partial charge in [-0.15, -0.1) is 26.3 Å². The number of sulfonamides is 2. The van der Waals surface area contributed by atoms with Gasteiger partial charge in [0, 0.05) is 5.02 Å². The standard InChI is InChI=1S/C21H15ClF6N2O6S2/c1-12-10-18(29-37(31,32)15-6-2-13(3-7-15)35-20(23,24)25)19(11-17(12)22)30-38(33,34)16-8-4-14(5-9-16)36-21(26,27)28/h2-11,29-30H,1H3. The molecule has 2 N–H and O–H groups in total. The molecule has 0 spiro atoms. The first-order valence-corrected chi connectivity index (χ1v) is 13.3. The lowest BCUT2D eigenvalue weighted by Gasteiger charge is -2.17. The molecule has 0 bridgehead atoms. The van der Waals surface area contributed by atoms with Crippen LogP contribution in [0.5, 0.6) is 11.5 Å². The van der Waals surface area contributed by atoms with E-state index in [0.29, 0.717) is 5.56 Å². The molecule has 3 rings (SSSR count). The molecular formula is C21H15ClF6N2O6S2. The summed E-state index contributed by atoms with van der Waals surface area (Å²) in [6, 6.07) is 8.67. The minimum absolute atomic E-state index is 0.0354. The van der Waals surface area contributed by atoms with Gasteiger partial charge in [0.2, 0.25) is 0 Å². The molecule has 0 fully saturated rings. The second-order valence-electron chi connectivity index (χ2n) is 7.40. The van der Waals surface area contributed by atoms with Gasteiger partial charge in [-0.05, 0) is 73.2 Å². The summed E-state index contributed by atoms with van der Waals surface area (Å²) < 4.78 is 137. The molecule has 0 aromatic heterocycles. The summed E-state index contributed by atoms with van der Waals surface area (Å²) >= 11 is 6.06. The van der Waals surface area contributed by atoms with E-state index < -0.39 is 54.1 Å². The Morgan fingerprint density at radius 2 is 1.00 bits per heavy atom. The molecule has 0 atom stereocenters. The van der Waals surface area contributed by atoms with E-state index in [1.54, 1.807) is 0 Å². The number of halogens is 7. The summed E-state index contributed by atoms with van der Waals surface area (Å²) in [6.45, 7) is 1.49. The fourth-order valence-electron chi connectivity index (χ4n) is 2.90. The van der Waals surface area contributed by atoms with E-state index in [1.807, 2.05) is 0 Å². The van der Waals surface area contributed by atoms with Crippen LogP contribution >= 0.6 is 11.6 Å². The van der Waals surface area contributed by atoms with Gasteiger partial charge in [0.1, 0.15) is 11.5 Å². The molecule has 0 aliphatic heterocycles. The van der Waals surface area contributed by atoms with E-state index in [4.69, 9.17) is 11.6 Å². The van der Waals surface area contributed by atoms with Crippen LogP contribution in [0, 0.1) is 6.92 Å². The summed E-state index contributed by atoms with van der Waals surface area (Å²) in [4.78, 5) is -0.966. The quantitative estimate of drug-likeness (QED) is 0.303. The SMILES string of the molecule is Cc1cc(NS(=O)(=O)c2ccc(OC(F)(F)F)cc2)c(NS(=O)(=O)c2ccc(OC(F)(F)F)cc2)cc1Cl. The lowest BCUT2D eigenvalue weighted by atomic mass is 10.2. The molecule has 17 heteroatoms. The summed E-state index contributed by atoms with van der Waals surface area (Å²) in [6.07, 6.45) is -9.98. The summed E-state index contributed by atoms with van der Waals surface area (Å²) in [5, 5.41) is 0.0354. The van der Waals surface area contributed by atoms with Gasteiger partial charge in [-0.25, -0.2) is 16.8 Å². The van der Waals surface area contributed by atoms with Crippen molar-refractivity contribution in [2.24, 2.45) is 0 Å². The monoisotopic (exact) mass is 604 g/mol. The van der Waals surface area contributed by atoms with Crippen LogP contribution in [-0.4, -0.2) is 29.6 Å². The van der Waals surface area contributed by atoms with Gasteiger partial charge in [-0.2, -0.15) is 0 Å². The van der Waals surface area contributed by atoms with Gasteiger partial charge in [0.05, 0.1) is 21.2 Å². The molecule has 8 nitrogen and oxygen atoms in total. The van der Waals surface area contributed by atoms with E-state index in [0.717, 1.165) is 54.6 Å². The first kappa shape index (κ1) is 29.2. The maximum absolute atomic E-state index is 12.8. The van der Waals surface area contributed by atoms with Crippen molar-refractivity contribution in [1.82, 2.24) is 0 Å². The molecule has 0 saturated carbocycles. The fourth-order valence-corrected chi connectivity index (χ4v) is 5.20. The highest BCUT2D eigenvalue weighted by Gasteiger charge is 2.32. The van der Waals surface area contributed by atoms with Crippen LogP contribution in [0.2, 0.25) is 5.02 Å². The zero-order valence-corrected chi connectivity index (χ0v) is 21.1. The third kappa shape index (κ3) is 7.82. The second kappa shape index (κ2) is 10.4. The fraction of sp³-hybridized carbons (Fsp3) is 0.143. The number of benzene rings is 3. The Morgan fingerprint density at radius 3 is 1.34 bits per heavy atom. The number of ether oxygens (including phenoxy) is 2. The molecule has 0 heterocycles. The lowest BCUT2D eigenvalue weighted by molar-refractivity contribution is -0.275. The first-order valence-electron chi connectivity index (χ1n) is 9.92. The van der Waals surface area contributed by atoms with Crippen molar-refractivity contribution in [2.75, 3.05) is 9.44 Å². The molecule has 0 aliphatic rings. The number of hydrogen-bond acceptors (Lipinski definition) is 6. The molecule has 0 radical (unpaired) electrons. The number of anilines is 2. The van der Waals surface area contributed by atoms with Gasteiger partial charge in [-0.1, -0.05) is 11.6 Å². The first-order chi connectivity index (χ1) is 17.3. The highest BCUT2D eigenvalue weighted by Crippen LogP contribution is 2.33. The molecule has 3 aromatic rings. The maximum atomic E-state index is 12.8. The van der Waals surface area contributed by atoms with Crippen LogP contribution in [-0.2, 0) is 20.0 Å². The van der Waals surface area contributed by atoms with Crippen molar-refractivity contribution in [1.29, 1.82) is 0 Å². The molecule has 0 unspecified atom stereocenters. The van der Waals surface area contributed by atoms with Crippen molar-refractivity contribution < 1.29 is 52.7 Å². The van der Waals surface area contributed by atoms with E-state index in [9.17, 15) is 43.2 Å². The largest absolute Gasteiger partial charge is 0.573 e. The number of aryl methyl sites for hydroxylation is 1. The highest BCUT2D eigenvalue weighted by atomic mass is 35.5. The van der Waals surface area contributed by atoms with Crippen LogP contribution in [0.4, 0.5) is 37.7 Å². The van der Waals surface area contributed by atoms with Crippen molar-refractivity contribution in [3.8, 4) is 11.5 Å².